The summed E-state index contributed by atoms with van der Waals surface area (Å²) in [5.74, 6) is 0.925. The van der Waals surface area contributed by atoms with Crippen molar-refractivity contribution < 1.29 is 33.9 Å². The smallest absolute Gasteiger partial charge is 0.189 e. The number of rotatable bonds is 12. The van der Waals surface area contributed by atoms with Gasteiger partial charge in [-0.1, -0.05) is 70.5 Å². The maximum absolute atomic E-state index is 11.1. The number of furan rings is 1. The van der Waals surface area contributed by atoms with Crippen LogP contribution in [-0.4, -0.2) is 52.1 Å². The molecule has 2 aliphatic heterocycles. The average Bonchev–Trinajstić information content (AvgIpc) is 3.57. The van der Waals surface area contributed by atoms with Gasteiger partial charge < -0.3 is 33.9 Å². The van der Waals surface area contributed by atoms with Gasteiger partial charge in [0.05, 0.1) is 36.7 Å². The summed E-state index contributed by atoms with van der Waals surface area (Å²) >= 11 is 0. The molecule has 0 amide bonds. The van der Waals surface area contributed by atoms with Crippen molar-refractivity contribution in [2.24, 2.45) is 5.92 Å². The Labute approximate surface area is 242 Å². The first-order valence-electron chi connectivity index (χ1n) is 15.0. The molecule has 2 aromatic carbocycles. The summed E-state index contributed by atoms with van der Waals surface area (Å²) in [6, 6.07) is 12.2. The van der Waals surface area contributed by atoms with Crippen molar-refractivity contribution >= 4 is 17.0 Å². The zero-order valence-electron chi connectivity index (χ0n) is 24.6. The molecule has 0 aliphatic carbocycles. The van der Waals surface area contributed by atoms with Crippen molar-refractivity contribution in [3.63, 3.8) is 0 Å². The lowest BCUT2D eigenvalue weighted by Gasteiger charge is -2.39. The number of fused-ring (bicyclic) bond motifs is 1. The van der Waals surface area contributed by atoms with E-state index in [0.717, 1.165) is 41.3 Å². The van der Waals surface area contributed by atoms with Crippen molar-refractivity contribution in [1.29, 1.82) is 0 Å². The SMILES string of the molecule is CCCC(c1coc2c(CO)c(OC/C=C/c3ccccc3)c(CC(C)C)cc12)[C@H]1CC(O)C2(OC2CC)[C@H](O)O1. The third-order valence-corrected chi connectivity index (χ3v) is 8.51. The van der Waals surface area contributed by atoms with Crippen molar-refractivity contribution in [3.05, 3.63) is 71.0 Å². The summed E-state index contributed by atoms with van der Waals surface area (Å²) in [5.41, 5.74) is 3.29. The maximum atomic E-state index is 11.1. The fraction of sp³-hybridized carbons (Fsp3) is 0.529. The van der Waals surface area contributed by atoms with Crippen LogP contribution >= 0.6 is 0 Å². The van der Waals surface area contributed by atoms with Crippen LogP contribution in [0.1, 0.15) is 81.5 Å². The molecule has 1 aromatic heterocycles. The predicted octanol–water partition coefficient (Wildman–Crippen LogP) is 6.12. The predicted molar refractivity (Wildman–Crippen MR) is 159 cm³/mol. The van der Waals surface area contributed by atoms with Crippen LogP contribution in [0.25, 0.3) is 17.0 Å². The third-order valence-electron chi connectivity index (χ3n) is 8.51. The maximum Gasteiger partial charge on any atom is 0.189 e. The Hall–Kier alpha value is -2.68. The highest BCUT2D eigenvalue weighted by Gasteiger charge is 2.68. The molecule has 0 bridgehead atoms. The Bertz CT molecular complexity index is 1320. The van der Waals surface area contributed by atoms with Crippen LogP contribution in [0, 0.1) is 5.92 Å². The Morgan fingerprint density at radius 2 is 1.93 bits per heavy atom. The van der Waals surface area contributed by atoms with Gasteiger partial charge >= 0.3 is 0 Å². The van der Waals surface area contributed by atoms with Crippen LogP contribution in [0.3, 0.4) is 0 Å². The zero-order chi connectivity index (χ0) is 29.1. The van der Waals surface area contributed by atoms with Gasteiger partial charge in [0.25, 0.3) is 0 Å². The molecule has 41 heavy (non-hydrogen) atoms. The lowest BCUT2D eigenvalue weighted by molar-refractivity contribution is -0.236. The summed E-state index contributed by atoms with van der Waals surface area (Å²) < 4.78 is 24.4. The van der Waals surface area contributed by atoms with Crippen LogP contribution in [0.2, 0.25) is 0 Å². The van der Waals surface area contributed by atoms with Gasteiger partial charge in [0.1, 0.15) is 17.9 Å². The highest BCUT2D eigenvalue weighted by molar-refractivity contribution is 5.88. The van der Waals surface area contributed by atoms with Gasteiger partial charge in [-0.3, -0.25) is 0 Å². The van der Waals surface area contributed by atoms with E-state index >= 15 is 0 Å². The molecule has 3 heterocycles. The standard InChI is InChI=1S/C34H44O7/c1-5-11-24(28-18-29(36)34(33(37)40-28)30(6-2)41-34)27-20-39-32-25(27)17-23(16-21(3)4)31(26(32)19-35)38-15-10-14-22-12-8-7-9-13-22/h7-10,12-14,17,20-21,24,28-30,33,35-37H,5-6,11,15-16,18-19H2,1-4H3/b14-10+/t24?,28-,29?,30?,33-,34?/m1/s1. The molecule has 1 spiro atoms. The van der Waals surface area contributed by atoms with Crippen LogP contribution in [0.5, 0.6) is 5.75 Å². The Kier molecular flexibility index (Phi) is 9.21. The van der Waals surface area contributed by atoms with Crippen LogP contribution in [0.15, 0.2) is 53.2 Å². The molecule has 3 aromatic rings. The van der Waals surface area contributed by atoms with Crippen molar-refractivity contribution in [2.45, 2.75) is 103 Å². The molecule has 3 N–H and O–H groups in total. The van der Waals surface area contributed by atoms with E-state index in [9.17, 15) is 15.3 Å². The lowest BCUT2D eigenvalue weighted by Crippen LogP contribution is -2.53. The molecule has 222 valence electrons. The minimum absolute atomic E-state index is 0.110. The minimum Gasteiger partial charge on any atom is -0.489 e. The van der Waals surface area contributed by atoms with E-state index in [1.807, 2.05) is 49.4 Å². The summed E-state index contributed by atoms with van der Waals surface area (Å²) in [7, 11) is 0. The first-order valence-corrected chi connectivity index (χ1v) is 15.0. The molecule has 4 unspecified atom stereocenters. The Morgan fingerprint density at radius 3 is 2.56 bits per heavy atom. The molecular weight excluding hydrogens is 520 g/mol. The van der Waals surface area contributed by atoms with E-state index in [2.05, 4.69) is 26.8 Å². The van der Waals surface area contributed by atoms with Gasteiger partial charge in [-0.2, -0.15) is 0 Å². The number of hydrogen-bond acceptors (Lipinski definition) is 7. The molecular formula is C34H44O7. The minimum atomic E-state index is -1.19. The summed E-state index contributed by atoms with van der Waals surface area (Å²) in [5, 5.41) is 33.4. The Balaban J connectivity index is 1.47. The van der Waals surface area contributed by atoms with Crippen LogP contribution < -0.4 is 4.74 Å². The van der Waals surface area contributed by atoms with Gasteiger partial charge in [-0.25, -0.2) is 0 Å². The third kappa shape index (κ3) is 5.84. The molecule has 2 aliphatic rings. The van der Waals surface area contributed by atoms with Crippen molar-refractivity contribution in [2.75, 3.05) is 6.61 Å². The van der Waals surface area contributed by atoms with E-state index < -0.39 is 24.1 Å². The van der Waals surface area contributed by atoms with Gasteiger partial charge in [0, 0.05) is 23.3 Å². The fourth-order valence-corrected chi connectivity index (χ4v) is 6.51. The van der Waals surface area contributed by atoms with E-state index in [1.54, 1.807) is 6.26 Å². The molecule has 7 nitrogen and oxygen atoms in total. The highest BCUT2D eigenvalue weighted by atomic mass is 16.7. The molecule has 0 radical (unpaired) electrons. The monoisotopic (exact) mass is 564 g/mol. The van der Waals surface area contributed by atoms with Gasteiger partial charge in [-0.15, -0.1) is 0 Å². The largest absolute Gasteiger partial charge is 0.489 e. The van der Waals surface area contributed by atoms with E-state index in [0.29, 0.717) is 42.3 Å². The fourth-order valence-electron chi connectivity index (χ4n) is 6.51. The molecule has 6 atom stereocenters. The molecule has 0 saturated carbocycles. The van der Waals surface area contributed by atoms with Crippen LogP contribution in [0.4, 0.5) is 0 Å². The average molecular weight is 565 g/mol. The second kappa shape index (κ2) is 12.7. The number of epoxide rings is 1. The molecule has 2 saturated heterocycles. The quantitative estimate of drug-likeness (QED) is 0.228. The van der Waals surface area contributed by atoms with E-state index in [1.165, 1.54) is 0 Å². The van der Waals surface area contributed by atoms with E-state index in [-0.39, 0.29) is 18.6 Å². The first-order chi connectivity index (χ1) is 19.8. The number of aliphatic hydroxyl groups excluding tert-OH is 3. The first kappa shape index (κ1) is 29.8. The number of aliphatic hydroxyl groups is 3. The summed E-state index contributed by atoms with van der Waals surface area (Å²) in [4.78, 5) is 0. The summed E-state index contributed by atoms with van der Waals surface area (Å²) in [6.07, 6.45) is 6.68. The van der Waals surface area contributed by atoms with Crippen molar-refractivity contribution in [3.8, 4) is 5.75 Å². The normalized spacial score (nSPS) is 26.8. The van der Waals surface area contributed by atoms with Gasteiger partial charge in [-0.05, 0) is 48.4 Å². The molecule has 7 heteroatoms. The van der Waals surface area contributed by atoms with Gasteiger partial charge in [0.2, 0.25) is 0 Å². The van der Waals surface area contributed by atoms with E-state index in [4.69, 9.17) is 18.6 Å². The summed E-state index contributed by atoms with van der Waals surface area (Å²) in [6.45, 7) is 8.56. The second-order valence-corrected chi connectivity index (χ2v) is 11.8. The van der Waals surface area contributed by atoms with Crippen LogP contribution in [-0.2, 0) is 22.5 Å². The second-order valence-electron chi connectivity index (χ2n) is 11.8. The highest BCUT2D eigenvalue weighted by Crippen LogP contribution is 2.52. The lowest BCUT2D eigenvalue weighted by atomic mass is 9.80. The van der Waals surface area contributed by atoms with Gasteiger partial charge in [0.15, 0.2) is 11.9 Å². The topological polar surface area (TPSA) is 105 Å². The Morgan fingerprint density at radius 1 is 1.15 bits per heavy atom. The van der Waals surface area contributed by atoms with Crippen molar-refractivity contribution in [1.82, 2.24) is 0 Å². The molecule has 2 fully saturated rings. The number of hydrogen-bond donors (Lipinski definition) is 3. The number of benzene rings is 2. The molecule has 5 rings (SSSR count). The number of ether oxygens (including phenoxy) is 3. The zero-order valence-corrected chi connectivity index (χ0v) is 24.6.